The first-order valence-corrected chi connectivity index (χ1v) is 4.46. The Morgan fingerprint density at radius 1 is 1.58 bits per heavy atom. The first-order valence-electron chi connectivity index (χ1n) is 3.13. The van der Waals surface area contributed by atoms with Crippen molar-refractivity contribution in [2.45, 2.75) is 12.3 Å². The summed E-state index contributed by atoms with van der Waals surface area (Å²) in [6, 6.07) is 1.54. The summed E-state index contributed by atoms with van der Waals surface area (Å²) in [4.78, 5) is 3.57. The average molecular weight is 256 g/mol. The molecule has 0 aliphatic carbocycles. The van der Waals surface area contributed by atoms with Crippen molar-refractivity contribution in [2.75, 3.05) is 0 Å². The quantitative estimate of drug-likeness (QED) is 0.738. The van der Waals surface area contributed by atoms with Gasteiger partial charge in [-0.05, 0) is 27.6 Å². The molecule has 0 saturated heterocycles. The number of pyridine rings is 1. The zero-order chi connectivity index (χ0) is 9.14. The second kappa shape index (κ2) is 4.14. The van der Waals surface area contributed by atoms with E-state index in [1.54, 1.807) is 6.07 Å². The normalized spacial score (nSPS) is 10.8. The summed E-state index contributed by atoms with van der Waals surface area (Å²) in [6.45, 7) is 0. The lowest BCUT2D eigenvalue weighted by molar-refractivity contribution is 0.145. The summed E-state index contributed by atoms with van der Waals surface area (Å²) in [5.74, 6) is 0.0477. The molecule has 5 heteroatoms. The second-order valence-electron chi connectivity index (χ2n) is 2.13. The van der Waals surface area contributed by atoms with Crippen LogP contribution in [0.3, 0.4) is 0 Å². The van der Waals surface area contributed by atoms with Gasteiger partial charge in [0, 0.05) is 16.5 Å². The highest BCUT2D eigenvalue weighted by molar-refractivity contribution is 9.10. The molecule has 0 atom stereocenters. The Morgan fingerprint density at radius 2 is 2.25 bits per heavy atom. The van der Waals surface area contributed by atoms with Gasteiger partial charge < -0.3 is 0 Å². The van der Waals surface area contributed by atoms with Crippen molar-refractivity contribution in [2.24, 2.45) is 0 Å². The van der Waals surface area contributed by atoms with Crippen molar-refractivity contribution in [1.29, 1.82) is 0 Å². The highest BCUT2D eigenvalue weighted by atomic mass is 79.9. The van der Waals surface area contributed by atoms with Crippen LogP contribution in [0, 0.1) is 0 Å². The molecule has 0 aliphatic rings. The van der Waals surface area contributed by atoms with E-state index in [1.807, 2.05) is 0 Å². The van der Waals surface area contributed by atoms with Crippen LogP contribution in [0.1, 0.15) is 17.7 Å². The van der Waals surface area contributed by atoms with Gasteiger partial charge in [-0.2, -0.15) is 0 Å². The number of nitrogens with zero attached hydrogens (tertiary/aromatic N) is 1. The lowest BCUT2D eigenvalue weighted by atomic mass is 10.2. The van der Waals surface area contributed by atoms with Gasteiger partial charge >= 0.3 is 0 Å². The third-order valence-electron chi connectivity index (χ3n) is 1.32. The Labute approximate surface area is 81.9 Å². The van der Waals surface area contributed by atoms with Gasteiger partial charge in [-0.3, -0.25) is 4.98 Å². The van der Waals surface area contributed by atoms with Gasteiger partial charge in [0.15, 0.2) is 0 Å². The van der Waals surface area contributed by atoms with E-state index in [2.05, 4.69) is 20.9 Å². The van der Waals surface area contributed by atoms with Gasteiger partial charge in [0.25, 0.3) is 6.43 Å². The van der Waals surface area contributed by atoms with E-state index < -0.39 is 6.43 Å². The van der Waals surface area contributed by atoms with Gasteiger partial charge in [-0.15, -0.1) is 11.6 Å². The predicted molar refractivity (Wildman–Crippen MR) is 46.5 cm³/mol. The number of hydrogen-bond donors (Lipinski definition) is 0. The van der Waals surface area contributed by atoms with Crippen molar-refractivity contribution >= 4 is 27.5 Å². The number of rotatable bonds is 2. The zero-order valence-electron chi connectivity index (χ0n) is 5.90. The van der Waals surface area contributed by atoms with Crippen molar-refractivity contribution in [3.63, 3.8) is 0 Å². The maximum absolute atomic E-state index is 12.2. The molecule has 0 bridgehead atoms. The topological polar surface area (TPSA) is 12.9 Å². The fourth-order valence-corrected chi connectivity index (χ4v) is 1.39. The first-order chi connectivity index (χ1) is 5.65. The summed E-state index contributed by atoms with van der Waals surface area (Å²) >= 11 is 8.57. The molecule has 1 nitrogen and oxygen atoms in total. The minimum Gasteiger partial charge on any atom is -0.254 e. The summed E-state index contributed by atoms with van der Waals surface area (Å²) in [5, 5.41) is 0. The van der Waals surface area contributed by atoms with E-state index in [0.717, 1.165) is 0 Å². The molecule has 0 spiro atoms. The Balaban J connectivity index is 3.11. The van der Waals surface area contributed by atoms with E-state index in [1.165, 1.54) is 6.20 Å². The summed E-state index contributed by atoms with van der Waals surface area (Å²) in [6.07, 6.45) is -1.23. The molecule has 1 rings (SSSR count). The van der Waals surface area contributed by atoms with Crippen molar-refractivity contribution in [3.05, 3.63) is 28.0 Å². The molecule has 0 aromatic carbocycles. The van der Waals surface area contributed by atoms with E-state index >= 15 is 0 Å². The molecule has 0 radical (unpaired) electrons. The highest BCUT2D eigenvalue weighted by Gasteiger charge is 2.13. The van der Waals surface area contributed by atoms with Crippen LogP contribution in [-0.4, -0.2) is 4.98 Å². The molecular formula is C7H5BrClF2N. The minimum absolute atomic E-state index is 0.0477. The third-order valence-corrected chi connectivity index (χ3v) is 2.04. The fraction of sp³-hybridized carbons (Fsp3) is 0.286. The Hall–Kier alpha value is -0.220. The zero-order valence-corrected chi connectivity index (χ0v) is 8.24. The fourth-order valence-electron chi connectivity index (χ4n) is 0.795. The Morgan fingerprint density at radius 3 is 2.75 bits per heavy atom. The van der Waals surface area contributed by atoms with E-state index in [4.69, 9.17) is 11.6 Å². The highest BCUT2D eigenvalue weighted by Crippen LogP contribution is 2.24. The van der Waals surface area contributed by atoms with E-state index in [-0.39, 0.29) is 11.6 Å². The van der Waals surface area contributed by atoms with E-state index in [9.17, 15) is 8.78 Å². The molecule has 0 saturated carbocycles. The summed E-state index contributed by atoms with van der Waals surface area (Å²) in [7, 11) is 0. The molecule has 0 amide bonds. The van der Waals surface area contributed by atoms with Gasteiger partial charge in [-0.25, -0.2) is 8.78 Å². The predicted octanol–water partition coefficient (Wildman–Crippen LogP) is 3.52. The monoisotopic (exact) mass is 255 g/mol. The number of hydrogen-bond acceptors (Lipinski definition) is 1. The van der Waals surface area contributed by atoms with Crippen LogP contribution >= 0.6 is 27.5 Å². The molecule has 66 valence electrons. The Bertz CT molecular complexity index is 280. The standard InChI is InChI=1S/C7H5BrClF2N/c8-5-1-4(2-9)6(7(10)11)12-3-5/h1,3,7H,2H2. The molecule has 0 unspecified atom stereocenters. The van der Waals surface area contributed by atoms with Crippen molar-refractivity contribution in [3.8, 4) is 0 Å². The lowest BCUT2D eigenvalue weighted by Gasteiger charge is -2.04. The molecule has 1 heterocycles. The van der Waals surface area contributed by atoms with Gasteiger partial charge in [-0.1, -0.05) is 0 Å². The largest absolute Gasteiger partial charge is 0.280 e. The van der Waals surface area contributed by atoms with Crippen LogP contribution < -0.4 is 0 Å². The molecular weight excluding hydrogens is 251 g/mol. The maximum Gasteiger partial charge on any atom is 0.280 e. The SMILES string of the molecule is FC(F)c1ncc(Br)cc1CCl. The molecule has 0 fully saturated rings. The van der Waals surface area contributed by atoms with Crippen molar-refractivity contribution in [1.82, 2.24) is 4.98 Å². The summed E-state index contributed by atoms with van der Waals surface area (Å²) < 4.78 is 25.1. The first kappa shape index (κ1) is 9.86. The number of aromatic nitrogens is 1. The molecule has 1 aromatic rings. The summed E-state index contributed by atoms with van der Waals surface area (Å²) in [5.41, 5.74) is 0.120. The molecule has 1 aromatic heterocycles. The van der Waals surface area contributed by atoms with Crippen LogP contribution in [-0.2, 0) is 5.88 Å². The molecule has 12 heavy (non-hydrogen) atoms. The minimum atomic E-state index is -2.56. The van der Waals surface area contributed by atoms with Crippen LogP contribution in [0.5, 0.6) is 0 Å². The second-order valence-corrected chi connectivity index (χ2v) is 3.32. The Kier molecular flexibility index (Phi) is 3.40. The van der Waals surface area contributed by atoms with Crippen LogP contribution in [0.2, 0.25) is 0 Å². The van der Waals surface area contributed by atoms with E-state index in [0.29, 0.717) is 10.0 Å². The lowest BCUT2D eigenvalue weighted by Crippen LogP contribution is -1.95. The van der Waals surface area contributed by atoms with Crippen LogP contribution in [0.4, 0.5) is 8.78 Å². The van der Waals surface area contributed by atoms with Gasteiger partial charge in [0.1, 0.15) is 5.69 Å². The maximum atomic E-state index is 12.2. The average Bonchev–Trinajstić information content (AvgIpc) is 2.03. The third kappa shape index (κ3) is 2.14. The smallest absolute Gasteiger partial charge is 0.254 e. The number of halogens is 4. The van der Waals surface area contributed by atoms with Gasteiger partial charge in [0.2, 0.25) is 0 Å². The molecule has 0 aliphatic heterocycles. The molecule has 0 N–H and O–H groups in total. The van der Waals surface area contributed by atoms with Crippen LogP contribution in [0.15, 0.2) is 16.7 Å². The van der Waals surface area contributed by atoms with Crippen molar-refractivity contribution < 1.29 is 8.78 Å². The number of alkyl halides is 3. The van der Waals surface area contributed by atoms with Gasteiger partial charge in [0.05, 0.1) is 0 Å². The van der Waals surface area contributed by atoms with Crippen LogP contribution in [0.25, 0.3) is 0 Å².